The zero-order chi connectivity index (χ0) is 10.8. The van der Waals surface area contributed by atoms with Gasteiger partial charge < -0.3 is 4.98 Å². The van der Waals surface area contributed by atoms with Crippen LogP contribution in [-0.4, -0.2) is 15.0 Å². The summed E-state index contributed by atoms with van der Waals surface area (Å²) in [6, 6.07) is 4.15. The minimum Gasteiger partial charge on any atom is -0.341 e. The number of fused-ring (bicyclic) bond motifs is 1. The Hall–Kier alpha value is -1.38. The molecule has 0 spiro atoms. The quantitative estimate of drug-likeness (QED) is 0.833. The molecule has 15 heavy (non-hydrogen) atoms. The van der Waals surface area contributed by atoms with Crippen LogP contribution < -0.4 is 0 Å². The Labute approximate surface area is 90.0 Å². The molecule has 3 heteroatoms. The van der Waals surface area contributed by atoms with Gasteiger partial charge in [0, 0.05) is 5.69 Å². The van der Waals surface area contributed by atoms with Gasteiger partial charge in [0.25, 0.3) is 0 Å². The largest absolute Gasteiger partial charge is 0.341 e. The van der Waals surface area contributed by atoms with E-state index in [1.807, 2.05) is 6.92 Å². The molecule has 3 nitrogen and oxygen atoms in total. The third kappa shape index (κ3) is 2.35. The van der Waals surface area contributed by atoms with Crippen molar-refractivity contribution < 1.29 is 0 Å². The van der Waals surface area contributed by atoms with E-state index in [1.54, 1.807) is 0 Å². The lowest BCUT2D eigenvalue weighted by Crippen LogP contribution is -1.95. The van der Waals surface area contributed by atoms with Crippen molar-refractivity contribution in [3.63, 3.8) is 0 Å². The number of nitrogens with zero attached hydrogens (tertiary/aromatic N) is 2. The molecule has 0 fully saturated rings. The van der Waals surface area contributed by atoms with Gasteiger partial charge in [-0.2, -0.15) is 0 Å². The van der Waals surface area contributed by atoms with Crippen molar-refractivity contribution in [2.45, 2.75) is 33.6 Å². The van der Waals surface area contributed by atoms with Gasteiger partial charge in [-0.15, -0.1) is 0 Å². The molecule has 1 N–H and O–H groups in total. The van der Waals surface area contributed by atoms with Crippen molar-refractivity contribution in [3.05, 3.63) is 23.7 Å². The van der Waals surface area contributed by atoms with Gasteiger partial charge in [-0.1, -0.05) is 13.8 Å². The van der Waals surface area contributed by atoms with E-state index in [1.165, 1.54) is 6.42 Å². The Morgan fingerprint density at radius 3 is 2.80 bits per heavy atom. The van der Waals surface area contributed by atoms with Crippen LogP contribution in [0, 0.1) is 12.8 Å². The average Bonchev–Trinajstić information content (AvgIpc) is 2.53. The number of rotatable bonds is 3. The molecule has 0 aliphatic rings. The number of aromatic amines is 1. The van der Waals surface area contributed by atoms with Crippen molar-refractivity contribution in [3.8, 4) is 0 Å². The summed E-state index contributed by atoms with van der Waals surface area (Å²) in [4.78, 5) is 12.0. The molecular formula is C12H17N3. The van der Waals surface area contributed by atoms with Gasteiger partial charge in [0.05, 0.1) is 5.52 Å². The van der Waals surface area contributed by atoms with Gasteiger partial charge in [-0.05, 0) is 37.8 Å². The van der Waals surface area contributed by atoms with E-state index in [0.29, 0.717) is 0 Å². The first kappa shape index (κ1) is 10.1. The van der Waals surface area contributed by atoms with E-state index in [-0.39, 0.29) is 0 Å². The number of nitrogens with one attached hydrogen (secondary N) is 1. The molecule has 2 heterocycles. The van der Waals surface area contributed by atoms with Crippen LogP contribution in [0.2, 0.25) is 0 Å². The molecule has 0 aromatic carbocycles. The molecule has 0 saturated carbocycles. The van der Waals surface area contributed by atoms with E-state index < -0.39 is 0 Å². The molecule has 0 aliphatic carbocycles. The SMILES string of the molecule is Cc1nc2nc(CCC(C)C)ccc2[nH]1. The summed E-state index contributed by atoms with van der Waals surface area (Å²) < 4.78 is 0. The normalized spacial score (nSPS) is 11.5. The molecule has 80 valence electrons. The first-order chi connectivity index (χ1) is 7.15. The van der Waals surface area contributed by atoms with Gasteiger partial charge in [0.2, 0.25) is 0 Å². The number of hydrogen-bond donors (Lipinski definition) is 1. The highest BCUT2D eigenvalue weighted by Crippen LogP contribution is 2.12. The lowest BCUT2D eigenvalue weighted by atomic mass is 10.1. The van der Waals surface area contributed by atoms with Crippen LogP contribution in [0.3, 0.4) is 0 Å². The van der Waals surface area contributed by atoms with Gasteiger partial charge in [0.15, 0.2) is 5.65 Å². The molecule has 2 aromatic heterocycles. The van der Waals surface area contributed by atoms with E-state index >= 15 is 0 Å². The summed E-state index contributed by atoms with van der Waals surface area (Å²) in [6.07, 6.45) is 2.22. The van der Waals surface area contributed by atoms with Crippen LogP contribution >= 0.6 is 0 Å². The maximum Gasteiger partial charge on any atom is 0.177 e. The first-order valence-electron chi connectivity index (χ1n) is 5.47. The highest BCUT2D eigenvalue weighted by molar-refractivity contribution is 5.70. The second kappa shape index (κ2) is 4.01. The van der Waals surface area contributed by atoms with Crippen molar-refractivity contribution in [1.82, 2.24) is 15.0 Å². The Morgan fingerprint density at radius 2 is 2.07 bits per heavy atom. The number of aromatic nitrogens is 3. The Morgan fingerprint density at radius 1 is 1.27 bits per heavy atom. The highest BCUT2D eigenvalue weighted by Gasteiger charge is 2.03. The lowest BCUT2D eigenvalue weighted by molar-refractivity contribution is 0.582. The predicted molar refractivity (Wildman–Crippen MR) is 61.8 cm³/mol. The predicted octanol–water partition coefficient (Wildman–Crippen LogP) is 2.85. The van der Waals surface area contributed by atoms with Crippen LogP contribution in [0.4, 0.5) is 0 Å². The Kier molecular flexibility index (Phi) is 2.71. The van der Waals surface area contributed by atoms with E-state index in [9.17, 15) is 0 Å². The van der Waals surface area contributed by atoms with Crippen molar-refractivity contribution in [1.29, 1.82) is 0 Å². The highest BCUT2D eigenvalue weighted by atomic mass is 15.0. The molecule has 0 bridgehead atoms. The number of hydrogen-bond acceptors (Lipinski definition) is 2. The van der Waals surface area contributed by atoms with E-state index in [4.69, 9.17) is 0 Å². The zero-order valence-corrected chi connectivity index (χ0v) is 9.54. The molecule has 0 saturated heterocycles. The summed E-state index contributed by atoms with van der Waals surface area (Å²) in [6.45, 7) is 6.42. The number of pyridine rings is 1. The standard InChI is InChI=1S/C12H17N3/c1-8(2)4-5-10-6-7-11-12(15-10)14-9(3)13-11/h6-8H,4-5H2,1-3H3,(H,13,14,15). The third-order valence-corrected chi connectivity index (χ3v) is 2.50. The minimum absolute atomic E-state index is 0.725. The van der Waals surface area contributed by atoms with E-state index in [2.05, 4.69) is 40.9 Å². The fraction of sp³-hybridized carbons (Fsp3) is 0.500. The smallest absolute Gasteiger partial charge is 0.177 e. The summed E-state index contributed by atoms with van der Waals surface area (Å²) in [7, 11) is 0. The lowest BCUT2D eigenvalue weighted by Gasteiger charge is -2.03. The molecular weight excluding hydrogens is 186 g/mol. The summed E-state index contributed by atoms with van der Waals surface area (Å²) in [5.41, 5.74) is 3.01. The fourth-order valence-corrected chi connectivity index (χ4v) is 1.63. The zero-order valence-electron chi connectivity index (χ0n) is 9.54. The topological polar surface area (TPSA) is 41.6 Å². The Balaban J connectivity index is 2.22. The molecule has 0 amide bonds. The van der Waals surface area contributed by atoms with Crippen LogP contribution in [0.25, 0.3) is 11.2 Å². The summed E-state index contributed by atoms with van der Waals surface area (Å²) in [5, 5.41) is 0. The second-order valence-electron chi connectivity index (χ2n) is 4.43. The first-order valence-corrected chi connectivity index (χ1v) is 5.47. The van der Waals surface area contributed by atoms with Crippen molar-refractivity contribution >= 4 is 11.2 Å². The molecule has 2 rings (SSSR count). The van der Waals surface area contributed by atoms with Gasteiger partial charge >= 0.3 is 0 Å². The van der Waals surface area contributed by atoms with Crippen LogP contribution in [0.15, 0.2) is 12.1 Å². The van der Waals surface area contributed by atoms with Gasteiger partial charge in [-0.3, -0.25) is 0 Å². The van der Waals surface area contributed by atoms with E-state index in [0.717, 1.165) is 35.0 Å². The third-order valence-electron chi connectivity index (χ3n) is 2.50. The monoisotopic (exact) mass is 203 g/mol. The maximum atomic E-state index is 4.53. The molecule has 0 radical (unpaired) electrons. The molecule has 0 atom stereocenters. The van der Waals surface area contributed by atoms with Gasteiger partial charge in [-0.25, -0.2) is 9.97 Å². The molecule has 2 aromatic rings. The van der Waals surface area contributed by atoms with Crippen LogP contribution in [0.1, 0.15) is 31.8 Å². The van der Waals surface area contributed by atoms with Gasteiger partial charge in [0.1, 0.15) is 5.82 Å². The van der Waals surface area contributed by atoms with Crippen molar-refractivity contribution in [2.75, 3.05) is 0 Å². The summed E-state index contributed by atoms with van der Waals surface area (Å²) in [5.74, 6) is 1.65. The van der Waals surface area contributed by atoms with Crippen LogP contribution in [-0.2, 0) is 6.42 Å². The van der Waals surface area contributed by atoms with Crippen molar-refractivity contribution in [2.24, 2.45) is 5.92 Å². The average molecular weight is 203 g/mol. The number of H-pyrrole nitrogens is 1. The maximum absolute atomic E-state index is 4.53. The molecule has 0 unspecified atom stereocenters. The van der Waals surface area contributed by atoms with Crippen LogP contribution in [0.5, 0.6) is 0 Å². The summed E-state index contributed by atoms with van der Waals surface area (Å²) >= 11 is 0. The number of imidazole rings is 1. The fourth-order valence-electron chi connectivity index (χ4n) is 1.63. The minimum atomic E-state index is 0.725. The Bertz CT molecular complexity index is 457. The molecule has 0 aliphatic heterocycles. The second-order valence-corrected chi connectivity index (χ2v) is 4.43. The number of aryl methyl sites for hydroxylation is 2.